The topological polar surface area (TPSA) is 79.0 Å². The highest BCUT2D eigenvalue weighted by Gasteiger charge is 2.23. The van der Waals surface area contributed by atoms with Crippen molar-refractivity contribution in [3.63, 3.8) is 0 Å². The highest BCUT2D eigenvalue weighted by Crippen LogP contribution is 2.33. The molecule has 0 aliphatic carbocycles. The molecule has 0 saturated heterocycles. The van der Waals surface area contributed by atoms with E-state index in [4.69, 9.17) is 0 Å². The number of benzene rings is 1. The summed E-state index contributed by atoms with van der Waals surface area (Å²) < 4.78 is 27.0. The Hall–Kier alpha value is -2.71. The molecule has 0 atom stereocenters. The second-order valence-corrected chi connectivity index (χ2v) is 8.29. The zero-order chi connectivity index (χ0) is 17.4. The van der Waals surface area contributed by atoms with Crippen molar-refractivity contribution in [3.8, 4) is 10.7 Å². The van der Waals surface area contributed by atoms with Crippen LogP contribution in [0.5, 0.6) is 0 Å². The van der Waals surface area contributed by atoms with Crippen LogP contribution in [0.15, 0.2) is 65.3 Å². The molecule has 0 saturated carbocycles. The molecule has 0 radical (unpaired) electrons. The summed E-state index contributed by atoms with van der Waals surface area (Å²) in [6.07, 6.45) is 4.64. The summed E-state index contributed by atoms with van der Waals surface area (Å²) in [4.78, 5) is 11.7. The van der Waals surface area contributed by atoms with E-state index in [0.717, 1.165) is 21.6 Å². The van der Waals surface area contributed by atoms with Crippen LogP contribution < -0.4 is 4.31 Å². The van der Waals surface area contributed by atoms with Crippen molar-refractivity contribution in [1.82, 2.24) is 15.0 Å². The smallest absolute Gasteiger partial charge is 0.265 e. The maximum absolute atomic E-state index is 12.9. The Morgan fingerprint density at radius 3 is 2.76 bits per heavy atom. The normalized spacial score (nSPS) is 11.7. The Labute approximate surface area is 148 Å². The minimum atomic E-state index is -3.69. The second-order valence-electron chi connectivity index (χ2n) is 5.42. The molecule has 3 aromatic heterocycles. The van der Waals surface area contributed by atoms with E-state index in [1.165, 1.54) is 27.9 Å². The number of para-hydroxylation sites is 1. The van der Waals surface area contributed by atoms with Gasteiger partial charge in [-0.3, -0.25) is 9.29 Å². The van der Waals surface area contributed by atoms with Gasteiger partial charge in [0.25, 0.3) is 10.0 Å². The molecule has 0 aliphatic rings. The molecular formula is C17H14N4O2S2. The average molecular weight is 370 g/mol. The van der Waals surface area contributed by atoms with E-state index in [2.05, 4.69) is 15.0 Å². The van der Waals surface area contributed by atoms with Gasteiger partial charge in [-0.2, -0.15) is 0 Å². The Bertz CT molecular complexity index is 1120. The van der Waals surface area contributed by atoms with Crippen LogP contribution in [-0.2, 0) is 10.0 Å². The lowest BCUT2D eigenvalue weighted by Crippen LogP contribution is -2.26. The van der Waals surface area contributed by atoms with Crippen molar-refractivity contribution < 1.29 is 8.42 Å². The first-order valence-electron chi connectivity index (χ1n) is 7.48. The number of aromatic amines is 1. The number of anilines is 1. The highest BCUT2D eigenvalue weighted by atomic mass is 32.2. The van der Waals surface area contributed by atoms with Crippen LogP contribution in [-0.4, -0.2) is 30.4 Å². The van der Waals surface area contributed by atoms with Gasteiger partial charge in [-0.15, -0.1) is 11.3 Å². The summed E-state index contributed by atoms with van der Waals surface area (Å²) in [6.45, 7) is 0. The van der Waals surface area contributed by atoms with Crippen LogP contribution in [0.1, 0.15) is 0 Å². The molecule has 4 aromatic rings. The first kappa shape index (κ1) is 15.8. The number of rotatable bonds is 4. The molecule has 3 heterocycles. The zero-order valence-electron chi connectivity index (χ0n) is 13.2. The summed E-state index contributed by atoms with van der Waals surface area (Å²) in [6, 6.07) is 10.7. The molecule has 4 rings (SSSR count). The maximum Gasteiger partial charge on any atom is 0.265 e. The molecule has 8 heteroatoms. The number of hydrogen-bond acceptors (Lipinski definition) is 5. The summed E-state index contributed by atoms with van der Waals surface area (Å²) in [5.74, 6) is 0. The lowest BCUT2D eigenvalue weighted by Gasteiger charge is -2.20. The molecule has 0 fully saturated rings. The zero-order valence-corrected chi connectivity index (χ0v) is 14.9. The molecule has 0 amide bonds. The Morgan fingerprint density at radius 2 is 2.04 bits per heavy atom. The quantitative estimate of drug-likeness (QED) is 0.596. The molecule has 0 spiro atoms. The van der Waals surface area contributed by atoms with Gasteiger partial charge in [-0.05, 0) is 24.3 Å². The number of aromatic nitrogens is 3. The molecular weight excluding hydrogens is 356 g/mol. The van der Waals surface area contributed by atoms with Gasteiger partial charge in [-0.25, -0.2) is 13.4 Å². The van der Waals surface area contributed by atoms with Crippen LogP contribution in [0.25, 0.3) is 21.6 Å². The van der Waals surface area contributed by atoms with E-state index in [-0.39, 0.29) is 4.90 Å². The summed E-state index contributed by atoms with van der Waals surface area (Å²) >= 11 is 1.53. The summed E-state index contributed by atoms with van der Waals surface area (Å²) in [5.41, 5.74) is 2.19. The van der Waals surface area contributed by atoms with Crippen LogP contribution in [0.2, 0.25) is 0 Å². The van der Waals surface area contributed by atoms with Gasteiger partial charge in [0.05, 0.1) is 16.9 Å². The fraction of sp³-hybridized carbons (Fsp3) is 0.0588. The Balaban J connectivity index is 1.84. The van der Waals surface area contributed by atoms with Gasteiger partial charge < -0.3 is 4.98 Å². The minimum absolute atomic E-state index is 0.154. The molecule has 25 heavy (non-hydrogen) atoms. The minimum Gasteiger partial charge on any atom is -0.351 e. The number of thiazole rings is 1. The van der Waals surface area contributed by atoms with E-state index in [1.807, 2.05) is 23.6 Å². The van der Waals surface area contributed by atoms with E-state index in [1.54, 1.807) is 31.6 Å². The third kappa shape index (κ3) is 2.69. The number of fused-ring (bicyclic) bond motifs is 1. The molecule has 6 nitrogen and oxygen atoms in total. The lowest BCUT2D eigenvalue weighted by molar-refractivity contribution is 0.594. The predicted molar refractivity (Wildman–Crippen MR) is 99.2 cm³/mol. The van der Waals surface area contributed by atoms with E-state index >= 15 is 0 Å². The Kier molecular flexibility index (Phi) is 3.78. The van der Waals surface area contributed by atoms with Gasteiger partial charge in [0, 0.05) is 36.4 Å². The van der Waals surface area contributed by atoms with Gasteiger partial charge >= 0.3 is 0 Å². The van der Waals surface area contributed by atoms with Crippen LogP contribution >= 0.6 is 11.3 Å². The number of nitrogens with one attached hydrogen (secondary N) is 1. The highest BCUT2D eigenvalue weighted by molar-refractivity contribution is 7.92. The van der Waals surface area contributed by atoms with Crippen molar-refractivity contribution in [3.05, 3.63) is 60.4 Å². The van der Waals surface area contributed by atoms with Crippen molar-refractivity contribution in [2.24, 2.45) is 0 Å². The number of sulfonamides is 1. The average Bonchev–Trinajstić information content (AvgIpc) is 3.30. The molecule has 1 aromatic carbocycles. The van der Waals surface area contributed by atoms with E-state index < -0.39 is 10.0 Å². The van der Waals surface area contributed by atoms with Crippen LogP contribution in [0.4, 0.5) is 5.69 Å². The molecule has 0 unspecified atom stereocenters. The van der Waals surface area contributed by atoms with Crippen molar-refractivity contribution in [1.29, 1.82) is 0 Å². The first-order valence-corrected chi connectivity index (χ1v) is 9.80. The fourth-order valence-electron chi connectivity index (χ4n) is 2.66. The summed E-state index contributed by atoms with van der Waals surface area (Å²) in [5, 5.41) is 3.69. The largest absolute Gasteiger partial charge is 0.351 e. The second kappa shape index (κ2) is 5.98. The molecule has 126 valence electrons. The molecule has 0 bridgehead atoms. The van der Waals surface area contributed by atoms with Gasteiger partial charge in [0.1, 0.15) is 9.90 Å². The fourth-order valence-corrected chi connectivity index (χ4v) is 4.44. The monoisotopic (exact) mass is 370 g/mol. The standard InChI is InChI=1S/C17H14N4O2S2/c1-21(25(22,23)13-5-3-7-18-11-13)15-6-2-4-12-10-14(20-16(12)15)17-19-8-9-24-17/h2-11,20H,1H3. The first-order chi connectivity index (χ1) is 12.1. The SMILES string of the molecule is CN(c1cccc2cc(-c3nccs3)[nH]c12)S(=O)(=O)c1cccnc1. The number of H-pyrrole nitrogens is 1. The van der Waals surface area contributed by atoms with Gasteiger partial charge in [-0.1, -0.05) is 12.1 Å². The van der Waals surface area contributed by atoms with Crippen molar-refractivity contribution in [2.45, 2.75) is 4.90 Å². The molecule has 1 N–H and O–H groups in total. The van der Waals surface area contributed by atoms with Crippen molar-refractivity contribution in [2.75, 3.05) is 11.4 Å². The Morgan fingerprint density at radius 1 is 1.16 bits per heavy atom. The maximum atomic E-state index is 12.9. The van der Waals surface area contributed by atoms with Crippen LogP contribution in [0.3, 0.4) is 0 Å². The van der Waals surface area contributed by atoms with Gasteiger partial charge in [0.2, 0.25) is 0 Å². The van der Waals surface area contributed by atoms with Crippen molar-refractivity contribution >= 4 is 38.0 Å². The lowest BCUT2D eigenvalue weighted by atomic mass is 10.2. The third-order valence-electron chi connectivity index (χ3n) is 3.93. The molecule has 0 aliphatic heterocycles. The predicted octanol–water partition coefficient (Wildman–Crippen LogP) is 3.51. The van der Waals surface area contributed by atoms with Crippen LogP contribution in [0, 0.1) is 0 Å². The van der Waals surface area contributed by atoms with E-state index in [9.17, 15) is 8.42 Å². The van der Waals surface area contributed by atoms with E-state index in [0.29, 0.717) is 5.69 Å². The number of pyridine rings is 1. The summed E-state index contributed by atoms with van der Waals surface area (Å²) in [7, 11) is -2.15. The van der Waals surface area contributed by atoms with Gasteiger partial charge in [0.15, 0.2) is 0 Å². The number of hydrogen-bond donors (Lipinski definition) is 1. The third-order valence-corrected chi connectivity index (χ3v) is 6.49. The number of nitrogens with zero attached hydrogens (tertiary/aromatic N) is 3.